The van der Waals surface area contributed by atoms with Crippen molar-refractivity contribution in [3.63, 3.8) is 0 Å². The Morgan fingerprint density at radius 1 is 1.06 bits per heavy atom. The van der Waals surface area contributed by atoms with Crippen LogP contribution in [0, 0.1) is 5.92 Å². The maximum atomic E-state index is 12.7. The third-order valence-corrected chi connectivity index (χ3v) is 6.16. The minimum absolute atomic E-state index is 0.0883. The van der Waals surface area contributed by atoms with E-state index in [2.05, 4.69) is 18.2 Å². The van der Waals surface area contributed by atoms with Gasteiger partial charge in [0.15, 0.2) is 0 Å². The average molecular weight is 453 g/mol. The highest BCUT2D eigenvalue weighted by molar-refractivity contribution is 6.27. The number of fused-ring (bicyclic) bond motifs is 1. The Bertz CT molecular complexity index is 999. The quantitative estimate of drug-likeness (QED) is 0.495. The summed E-state index contributed by atoms with van der Waals surface area (Å²) in [6.45, 7) is 5.21. The minimum atomic E-state index is -0.173. The molecular formula is C26H29ClN2O3. The molecule has 0 unspecified atom stereocenters. The minimum Gasteiger partial charge on any atom is -0.494 e. The number of hydrogen-bond acceptors (Lipinski definition) is 4. The third kappa shape index (κ3) is 4.68. The van der Waals surface area contributed by atoms with E-state index in [1.807, 2.05) is 50.2 Å². The Hall–Kier alpha value is -2.79. The van der Waals surface area contributed by atoms with Crippen molar-refractivity contribution in [3.05, 3.63) is 65.2 Å². The van der Waals surface area contributed by atoms with Crippen LogP contribution in [-0.4, -0.2) is 35.7 Å². The van der Waals surface area contributed by atoms with E-state index in [-0.39, 0.29) is 23.7 Å². The van der Waals surface area contributed by atoms with Crippen LogP contribution in [0.5, 0.6) is 11.5 Å². The molecule has 2 atom stereocenters. The van der Waals surface area contributed by atoms with Crippen molar-refractivity contribution in [2.75, 3.05) is 19.1 Å². The van der Waals surface area contributed by atoms with Crippen molar-refractivity contribution < 1.29 is 14.3 Å². The van der Waals surface area contributed by atoms with E-state index in [1.165, 1.54) is 5.57 Å². The lowest BCUT2D eigenvalue weighted by molar-refractivity contribution is -0.130. The van der Waals surface area contributed by atoms with Gasteiger partial charge in [0.1, 0.15) is 17.4 Å². The maximum Gasteiger partial charge on any atom is 0.258 e. The number of hydrazone groups is 1. The van der Waals surface area contributed by atoms with E-state index in [0.717, 1.165) is 47.6 Å². The van der Waals surface area contributed by atoms with Gasteiger partial charge in [-0.2, -0.15) is 5.10 Å². The number of allylic oxidation sites excluding steroid dienone is 1. The van der Waals surface area contributed by atoms with Crippen molar-refractivity contribution in [1.82, 2.24) is 5.01 Å². The zero-order valence-corrected chi connectivity index (χ0v) is 19.3. The van der Waals surface area contributed by atoms with E-state index in [0.29, 0.717) is 13.2 Å². The number of carbonyl (C=O) groups excluding carboxylic acids is 1. The number of nitrogens with zero attached hydrogens (tertiary/aromatic N) is 2. The number of benzene rings is 2. The Labute approximate surface area is 194 Å². The number of alkyl halides is 1. The second kappa shape index (κ2) is 10.2. The summed E-state index contributed by atoms with van der Waals surface area (Å²) in [6.07, 6.45) is 5.18. The first-order valence-corrected chi connectivity index (χ1v) is 11.8. The molecule has 0 saturated heterocycles. The average Bonchev–Trinajstić information content (AvgIpc) is 3.21. The normalized spacial score (nSPS) is 21.3. The molecule has 2 aromatic rings. The van der Waals surface area contributed by atoms with Gasteiger partial charge in [-0.25, -0.2) is 5.01 Å². The Kier molecular flexibility index (Phi) is 7.15. The lowest BCUT2D eigenvalue weighted by atomic mass is 9.77. The van der Waals surface area contributed by atoms with Gasteiger partial charge in [0.05, 0.1) is 25.0 Å². The monoisotopic (exact) mass is 452 g/mol. The molecule has 32 heavy (non-hydrogen) atoms. The second-order valence-electron chi connectivity index (χ2n) is 7.97. The topological polar surface area (TPSA) is 51.1 Å². The summed E-state index contributed by atoms with van der Waals surface area (Å²) in [5, 5.41) is 6.41. The van der Waals surface area contributed by atoms with Gasteiger partial charge in [0, 0.05) is 5.92 Å². The first kappa shape index (κ1) is 22.4. The molecule has 2 aliphatic rings. The van der Waals surface area contributed by atoms with Gasteiger partial charge in [-0.05, 0) is 80.2 Å². The number of hydrogen-bond donors (Lipinski definition) is 0. The van der Waals surface area contributed by atoms with E-state index < -0.39 is 0 Å². The molecule has 0 spiro atoms. The number of carbonyl (C=O) groups is 1. The lowest BCUT2D eigenvalue weighted by Gasteiger charge is -2.29. The van der Waals surface area contributed by atoms with Crippen LogP contribution < -0.4 is 9.47 Å². The predicted molar refractivity (Wildman–Crippen MR) is 128 cm³/mol. The molecule has 0 bridgehead atoms. The van der Waals surface area contributed by atoms with Crippen LogP contribution in [0.1, 0.15) is 50.3 Å². The van der Waals surface area contributed by atoms with Crippen LogP contribution in [0.15, 0.2) is 59.2 Å². The first-order chi connectivity index (χ1) is 15.6. The van der Waals surface area contributed by atoms with Gasteiger partial charge in [0.25, 0.3) is 5.91 Å². The number of rotatable bonds is 7. The largest absolute Gasteiger partial charge is 0.494 e. The van der Waals surface area contributed by atoms with E-state index in [9.17, 15) is 4.79 Å². The highest BCUT2D eigenvalue weighted by atomic mass is 35.5. The Morgan fingerprint density at radius 3 is 2.28 bits per heavy atom. The molecule has 2 aromatic carbocycles. The molecular weight excluding hydrogens is 424 g/mol. The summed E-state index contributed by atoms with van der Waals surface area (Å²) in [7, 11) is 0. The highest BCUT2D eigenvalue weighted by Crippen LogP contribution is 2.44. The SMILES string of the molecule is CCOc1ccc(/C=C2\CCC[C@H]3C2=NN(C(=O)CCl)[C@H]3c2ccc(OCC)cc2)cc1. The highest BCUT2D eigenvalue weighted by Gasteiger charge is 2.43. The van der Waals surface area contributed by atoms with Crippen LogP contribution >= 0.6 is 11.6 Å². The fourth-order valence-electron chi connectivity index (χ4n) is 4.56. The molecule has 168 valence electrons. The molecule has 1 aliphatic carbocycles. The van der Waals surface area contributed by atoms with E-state index in [4.69, 9.17) is 26.2 Å². The van der Waals surface area contributed by atoms with E-state index in [1.54, 1.807) is 5.01 Å². The van der Waals surface area contributed by atoms with Crippen molar-refractivity contribution >= 4 is 29.3 Å². The third-order valence-electron chi connectivity index (χ3n) is 5.94. The summed E-state index contributed by atoms with van der Waals surface area (Å²) in [5.41, 5.74) is 4.35. The molecule has 0 N–H and O–H groups in total. The fourth-order valence-corrected chi connectivity index (χ4v) is 4.68. The predicted octanol–water partition coefficient (Wildman–Crippen LogP) is 5.85. The lowest BCUT2D eigenvalue weighted by Crippen LogP contribution is -2.32. The molecule has 1 fully saturated rings. The Morgan fingerprint density at radius 2 is 1.69 bits per heavy atom. The first-order valence-electron chi connectivity index (χ1n) is 11.3. The summed E-state index contributed by atoms with van der Waals surface area (Å²) >= 11 is 5.95. The van der Waals surface area contributed by atoms with Crippen molar-refractivity contribution in [2.45, 2.75) is 39.2 Å². The zero-order chi connectivity index (χ0) is 22.5. The summed E-state index contributed by atoms with van der Waals surface area (Å²) in [6, 6.07) is 15.9. The summed E-state index contributed by atoms with van der Waals surface area (Å²) < 4.78 is 11.1. The number of ether oxygens (including phenoxy) is 2. The molecule has 1 heterocycles. The number of amides is 1. The zero-order valence-electron chi connectivity index (χ0n) is 18.6. The molecule has 0 radical (unpaired) electrons. The van der Waals surface area contributed by atoms with Crippen LogP contribution in [0.2, 0.25) is 0 Å². The Balaban J connectivity index is 1.65. The van der Waals surface area contributed by atoms with Crippen LogP contribution in [-0.2, 0) is 4.79 Å². The molecule has 6 heteroatoms. The molecule has 1 amide bonds. The van der Waals surface area contributed by atoms with Crippen molar-refractivity contribution in [3.8, 4) is 11.5 Å². The van der Waals surface area contributed by atoms with Crippen molar-refractivity contribution in [1.29, 1.82) is 0 Å². The smallest absolute Gasteiger partial charge is 0.258 e. The fraction of sp³-hybridized carbons (Fsp3) is 0.385. The summed E-state index contributed by atoms with van der Waals surface area (Å²) in [5.74, 6) is 1.58. The molecule has 1 aliphatic heterocycles. The standard InChI is InChI=1S/C26H29ClN2O3/c1-3-31-21-12-8-18(9-13-21)16-20-6-5-7-23-25(20)28-29(24(30)17-27)26(23)19-10-14-22(15-11-19)32-4-2/h8-16,23,26H,3-7,17H2,1-2H3/b20-16+/t23-,26-/m0/s1. The molecule has 0 aromatic heterocycles. The number of halogens is 1. The molecule has 1 saturated carbocycles. The summed E-state index contributed by atoms with van der Waals surface area (Å²) in [4.78, 5) is 12.7. The van der Waals surface area contributed by atoms with Crippen LogP contribution in [0.4, 0.5) is 0 Å². The van der Waals surface area contributed by atoms with Gasteiger partial charge in [0.2, 0.25) is 0 Å². The van der Waals surface area contributed by atoms with Gasteiger partial charge in [-0.3, -0.25) is 4.79 Å². The van der Waals surface area contributed by atoms with Gasteiger partial charge in [-0.1, -0.05) is 24.3 Å². The second-order valence-corrected chi connectivity index (χ2v) is 8.24. The van der Waals surface area contributed by atoms with Gasteiger partial charge in [-0.15, -0.1) is 11.6 Å². The maximum absolute atomic E-state index is 12.7. The van der Waals surface area contributed by atoms with E-state index >= 15 is 0 Å². The molecule has 4 rings (SSSR count). The van der Waals surface area contributed by atoms with Crippen molar-refractivity contribution in [2.24, 2.45) is 11.0 Å². The molecule has 5 nitrogen and oxygen atoms in total. The van der Waals surface area contributed by atoms with Gasteiger partial charge < -0.3 is 9.47 Å². The van der Waals surface area contributed by atoms with Crippen LogP contribution in [0.3, 0.4) is 0 Å². The van der Waals surface area contributed by atoms with Crippen LogP contribution in [0.25, 0.3) is 6.08 Å². The van der Waals surface area contributed by atoms with Gasteiger partial charge >= 0.3 is 0 Å².